The molecule has 1 aromatic heterocycles. The molecule has 1 fully saturated rings. The van der Waals surface area contributed by atoms with Crippen molar-refractivity contribution in [1.29, 1.82) is 0 Å². The summed E-state index contributed by atoms with van der Waals surface area (Å²) in [7, 11) is 0. The second-order valence-electron chi connectivity index (χ2n) is 4.94. The van der Waals surface area contributed by atoms with E-state index >= 15 is 0 Å². The number of aryl methyl sites for hydroxylation is 1. The van der Waals surface area contributed by atoms with Gasteiger partial charge in [0.25, 0.3) is 0 Å². The van der Waals surface area contributed by atoms with Crippen LogP contribution in [-0.4, -0.2) is 32.0 Å². The molecule has 5 heteroatoms. The number of thiophene rings is 1. The highest BCUT2D eigenvalue weighted by atomic mass is 32.1. The first kappa shape index (κ1) is 13.1. The van der Waals surface area contributed by atoms with Gasteiger partial charge in [0.1, 0.15) is 0 Å². The number of nitrogens with zero attached hydrogens (tertiary/aromatic N) is 1. The van der Waals surface area contributed by atoms with E-state index in [9.17, 15) is 4.79 Å². The van der Waals surface area contributed by atoms with Gasteiger partial charge >= 0.3 is 0 Å². The second-order valence-corrected chi connectivity index (χ2v) is 5.94. The highest BCUT2D eigenvalue weighted by Crippen LogP contribution is 2.31. The number of fused-ring (bicyclic) bond motifs is 1. The summed E-state index contributed by atoms with van der Waals surface area (Å²) < 4.78 is 11.1. The molecule has 0 aliphatic carbocycles. The molecule has 2 aliphatic heterocycles. The number of anilines is 1. The molecule has 0 radical (unpaired) electrons. The standard InChI is InChI=1S/C14H19NO3S/c16-13-4-1-3-12-11(6-10-19-12)15(13)7-5-14-17-8-2-9-18-14/h6,10,14H,1-5,7-9H2. The van der Waals surface area contributed by atoms with Gasteiger partial charge in [0.05, 0.1) is 18.9 Å². The van der Waals surface area contributed by atoms with Crippen LogP contribution < -0.4 is 4.90 Å². The van der Waals surface area contributed by atoms with Gasteiger partial charge in [0.15, 0.2) is 6.29 Å². The number of rotatable bonds is 3. The molecule has 0 saturated carbocycles. The zero-order valence-corrected chi connectivity index (χ0v) is 11.8. The molecule has 1 saturated heterocycles. The van der Waals surface area contributed by atoms with Gasteiger partial charge in [-0.1, -0.05) is 0 Å². The Kier molecular flexibility index (Phi) is 4.15. The van der Waals surface area contributed by atoms with Gasteiger partial charge < -0.3 is 14.4 Å². The van der Waals surface area contributed by atoms with Crippen LogP contribution in [0.15, 0.2) is 11.4 Å². The second kappa shape index (κ2) is 6.03. The van der Waals surface area contributed by atoms with Gasteiger partial charge in [0.2, 0.25) is 5.91 Å². The number of hydrogen-bond acceptors (Lipinski definition) is 4. The summed E-state index contributed by atoms with van der Waals surface area (Å²) in [6, 6.07) is 2.06. The molecule has 2 aliphatic rings. The molecular formula is C14H19NO3S. The van der Waals surface area contributed by atoms with E-state index in [0.717, 1.165) is 44.6 Å². The Balaban J connectivity index is 1.66. The number of amides is 1. The summed E-state index contributed by atoms with van der Waals surface area (Å²) in [6.45, 7) is 2.22. The molecule has 0 unspecified atom stereocenters. The smallest absolute Gasteiger partial charge is 0.227 e. The lowest BCUT2D eigenvalue weighted by molar-refractivity contribution is -0.179. The molecule has 0 spiro atoms. The Bertz CT molecular complexity index is 440. The van der Waals surface area contributed by atoms with Crippen LogP contribution in [0.4, 0.5) is 5.69 Å². The molecule has 1 amide bonds. The van der Waals surface area contributed by atoms with Gasteiger partial charge in [-0.15, -0.1) is 11.3 Å². The third kappa shape index (κ3) is 2.99. The molecular weight excluding hydrogens is 262 g/mol. The molecule has 3 heterocycles. The van der Waals surface area contributed by atoms with Gasteiger partial charge in [0, 0.05) is 24.3 Å². The van der Waals surface area contributed by atoms with E-state index in [0.29, 0.717) is 13.0 Å². The van der Waals surface area contributed by atoms with Crippen molar-refractivity contribution in [2.45, 2.75) is 38.4 Å². The van der Waals surface area contributed by atoms with Crippen molar-refractivity contribution >= 4 is 22.9 Å². The van der Waals surface area contributed by atoms with E-state index in [1.54, 1.807) is 11.3 Å². The third-order valence-corrected chi connectivity index (χ3v) is 4.56. The lowest BCUT2D eigenvalue weighted by Gasteiger charge is -2.27. The van der Waals surface area contributed by atoms with Crippen LogP contribution in [0, 0.1) is 0 Å². The maximum absolute atomic E-state index is 12.2. The number of carbonyl (C=O) groups excluding carboxylic acids is 1. The molecule has 3 rings (SSSR count). The average Bonchev–Trinajstić information content (AvgIpc) is 2.83. The van der Waals surface area contributed by atoms with Crippen LogP contribution in [0.1, 0.15) is 30.6 Å². The summed E-state index contributed by atoms with van der Waals surface area (Å²) in [5.74, 6) is 0.230. The third-order valence-electron chi connectivity index (χ3n) is 3.59. The molecule has 104 valence electrons. The van der Waals surface area contributed by atoms with E-state index in [1.807, 2.05) is 4.90 Å². The van der Waals surface area contributed by atoms with E-state index in [1.165, 1.54) is 4.88 Å². The van der Waals surface area contributed by atoms with Gasteiger partial charge in [-0.25, -0.2) is 0 Å². The number of ether oxygens (including phenoxy) is 2. The monoisotopic (exact) mass is 281 g/mol. The molecule has 0 N–H and O–H groups in total. The van der Waals surface area contributed by atoms with Crippen molar-refractivity contribution in [3.63, 3.8) is 0 Å². The van der Waals surface area contributed by atoms with Crippen molar-refractivity contribution in [2.75, 3.05) is 24.7 Å². The van der Waals surface area contributed by atoms with Gasteiger partial charge in [-0.3, -0.25) is 4.79 Å². The van der Waals surface area contributed by atoms with Crippen molar-refractivity contribution in [3.05, 3.63) is 16.3 Å². The quantitative estimate of drug-likeness (QED) is 0.854. The first-order chi connectivity index (χ1) is 9.34. The topological polar surface area (TPSA) is 38.8 Å². The maximum Gasteiger partial charge on any atom is 0.227 e. The molecule has 4 nitrogen and oxygen atoms in total. The molecule has 19 heavy (non-hydrogen) atoms. The Hall–Kier alpha value is -0.910. The normalized spacial score (nSPS) is 21.3. The van der Waals surface area contributed by atoms with E-state index in [4.69, 9.17) is 9.47 Å². The Morgan fingerprint density at radius 1 is 1.26 bits per heavy atom. The van der Waals surface area contributed by atoms with Gasteiger partial charge in [-0.05, 0) is 30.7 Å². The fourth-order valence-electron chi connectivity index (χ4n) is 2.61. The highest BCUT2D eigenvalue weighted by Gasteiger charge is 2.24. The lowest BCUT2D eigenvalue weighted by atomic mass is 10.2. The first-order valence-corrected chi connectivity index (χ1v) is 7.82. The van der Waals surface area contributed by atoms with Crippen LogP contribution in [0.3, 0.4) is 0 Å². The van der Waals surface area contributed by atoms with Crippen LogP contribution in [0.25, 0.3) is 0 Å². The van der Waals surface area contributed by atoms with E-state index in [-0.39, 0.29) is 12.2 Å². The number of carbonyl (C=O) groups is 1. The predicted octanol–water partition coefficient (Wildman–Crippen LogP) is 2.57. The van der Waals surface area contributed by atoms with E-state index < -0.39 is 0 Å². The number of hydrogen-bond donors (Lipinski definition) is 0. The molecule has 1 aromatic rings. The van der Waals surface area contributed by atoms with Crippen molar-refractivity contribution in [3.8, 4) is 0 Å². The zero-order chi connectivity index (χ0) is 13.1. The Morgan fingerprint density at radius 3 is 2.95 bits per heavy atom. The minimum Gasteiger partial charge on any atom is -0.353 e. The summed E-state index contributed by atoms with van der Waals surface area (Å²) >= 11 is 1.75. The fourth-order valence-corrected chi connectivity index (χ4v) is 3.54. The van der Waals surface area contributed by atoms with Crippen LogP contribution in [0.2, 0.25) is 0 Å². The Labute approximate surface area is 117 Å². The maximum atomic E-state index is 12.2. The fraction of sp³-hybridized carbons (Fsp3) is 0.643. The van der Waals surface area contributed by atoms with Crippen LogP contribution in [0.5, 0.6) is 0 Å². The van der Waals surface area contributed by atoms with Crippen LogP contribution >= 0.6 is 11.3 Å². The minimum absolute atomic E-state index is 0.146. The minimum atomic E-state index is -0.146. The molecule has 0 atom stereocenters. The summed E-state index contributed by atoms with van der Waals surface area (Å²) in [5, 5.41) is 2.07. The van der Waals surface area contributed by atoms with Crippen LogP contribution in [-0.2, 0) is 20.7 Å². The zero-order valence-electron chi connectivity index (χ0n) is 11.0. The average molecular weight is 281 g/mol. The molecule has 0 aromatic carbocycles. The first-order valence-electron chi connectivity index (χ1n) is 6.94. The van der Waals surface area contributed by atoms with Crippen molar-refractivity contribution in [2.24, 2.45) is 0 Å². The highest BCUT2D eigenvalue weighted by molar-refractivity contribution is 7.10. The molecule has 0 bridgehead atoms. The predicted molar refractivity (Wildman–Crippen MR) is 74.5 cm³/mol. The summed E-state index contributed by atoms with van der Waals surface area (Å²) in [5.41, 5.74) is 1.10. The Morgan fingerprint density at radius 2 is 2.11 bits per heavy atom. The van der Waals surface area contributed by atoms with Crippen molar-refractivity contribution < 1.29 is 14.3 Å². The van der Waals surface area contributed by atoms with Gasteiger partial charge in [-0.2, -0.15) is 0 Å². The summed E-state index contributed by atoms with van der Waals surface area (Å²) in [4.78, 5) is 15.4. The largest absolute Gasteiger partial charge is 0.353 e. The van der Waals surface area contributed by atoms with Crippen molar-refractivity contribution in [1.82, 2.24) is 0 Å². The summed E-state index contributed by atoms with van der Waals surface area (Å²) in [6.07, 6.45) is 4.19. The SMILES string of the molecule is O=C1CCCc2sccc2N1CCC1OCCCO1. The van der Waals surface area contributed by atoms with E-state index in [2.05, 4.69) is 11.4 Å². The lowest BCUT2D eigenvalue weighted by Crippen LogP contribution is -2.35.